The molecular formula is C12H18N2O4. The van der Waals surface area contributed by atoms with Gasteiger partial charge in [0.25, 0.3) is 6.01 Å². The number of oxazole rings is 1. The smallest absolute Gasteiger partial charge is 0.357 e. The molecule has 1 heterocycles. The van der Waals surface area contributed by atoms with Gasteiger partial charge < -0.3 is 19.2 Å². The molecule has 0 aromatic carbocycles. The fourth-order valence-electron chi connectivity index (χ4n) is 1.99. The van der Waals surface area contributed by atoms with Crippen LogP contribution in [0.3, 0.4) is 0 Å². The lowest BCUT2D eigenvalue weighted by molar-refractivity contribution is 0.0690. The van der Waals surface area contributed by atoms with E-state index in [0.717, 1.165) is 0 Å². The lowest BCUT2D eigenvalue weighted by Gasteiger charge is -2.27. The highest BCUT2D eigenvalue weighted by atomic mass is 16.5. The van der Waals surface area contributed by atoms with Gasteiger partial charge in [0.15, 0.2) is 5.69 Å². The van der Waals surface area contributed by atoms with E-state index >= 15 is 0 Å². The summed E-state index contributed by atoms with van der Waals surface area (Å²) >= 11 is 0. The minimum atomic E-state index is -1.07. The Hall–Kier alpha value is -1.56. The topological polar surface area (TPSA) is 75.8 Å². The van der Waals surface area contributed by atoms with E-state index in [0.29, 0.717) is 31.1 Å². The van der Waals surface area contributed by atoms with Gasteiger partial charge >= 0.3 is 5.97 Å². The molecule has 0 amide bonds. The predicted octanol–water partition coefficient (Wildman–Crippen LogP) is 1.62. The Bertz CT molecular complexity index is 414. The van der Waals surface area contributed by atoms with E-state index in [9.17, 15) is 4.79 Å². The molecule has 18 heavy (non-hydrogen) atoms. The average Bonchev–Trinajstić information content (AvgIpc) is 3.08. The third-order valence-electron chi connectivity index (χ3n) is 3.29. The van der Waals surface area contributed by atoms with Crippen LogP contribution in [0, 0.1) is 5.92 Å². The summed E-state index contributed by atoms with van der Waals surface area (Å²) in [6.07, 6.45) is 3.59. The van der Waals surface area contributed by atoms with Crippen molar-refractivity contribution in [1.82, 2.24) is 4.98 Å². The van der Waals surface area contributed by atoms with Crippen LogP contribution in [0.4, 0.5) is 6.01 Å². The molecule has 1 fully saturated rings. The van der Waals surface area contributed by atoms with Crippen LogP contribution < -0.4 is 4.90 Å². The van der Waals surface area contributed by atoms with Gasteiger partial charge in [-0.25, -0.2) is 4.79 Å². The lowest BCUT2D eigenvalue weighted by Crippen LogP contribution is -2.37. The van der Waals surface area contributed by atoms with Crippen molar-refractivity contribution >= 4 is 12.0 Å². The van der Waals surface area contributed by atoms with Gasteiger partial charge in [0.1, 0.15) is 6.26 Å². The second kappa shape index (κ2) is 5.39. The van der Waals surface area contributed by atoms with Crippen LogP contribution in [-0.4, -0.2) is 42.4 Å². The largest absolute Gasteiger partial charge is 0.476 e. The lowest BCUT2D eigenvalue weighted by atomic mass is 10.2. The molecule has 1 aromatic heterocycles. The Kier molecular flexibility index (Phi) is 3.86. The number of ether oxygens (including phenoxy) is 1. The maximum atomic E-state index is 10.8. The molecule has 1 aliphatic carbocycles. The number of carbonyl (C=O) groups is 1. The first-order chi connectivity index (χ1) is 8.63. The molecule has 1 aliphatic rings. The summed E-state index contributed by atoms with van der Waals surface area (Å²) in [7, 11) is 1.64. The van der Waals surface area contributed by atoms with Gasteiger partial charge in [0, 0.05) is 19.7 Å². The molecule has 6 nitrogen and oxygen atoms in total. The van der Waals surface area contributed by atoms with E-state index in [-0.39, 0.29) is 5.69 Å². The standard InChI is InChI=1S/C12H18N2O4/c1-8(9-3-4-9)14(5-6-17-2)12-13-10(7-18-12)11(15)16/h7-9H,3-6H2,1-2H3,(H,15,16). The van der Waals surface area contributed by atoms with Gasteiger partial charge in [-0.1, -0.05) is 0 Å². The van der Waals surface area contributed by atoms with Crippen molar-refractivity contribution in [3.63, 3.8) is 0 Å². The molecule has 1 unspecified atom stereocenters. The number of anilines is 1. The third kappa shape index (κ3) is 2.81. The van der Waals surface area contributed by atoms with Crippen LogP contribution >= 0.6 is 0 Å². The van der Waals surface area contributed by atoms with Crippen molar-refractivity contribution in [3.8, 4) is 0 Å². The molecular weight excluding hydrogens is 236 g/mol. The molecule has 0 bridgehead atoms. The Labute approximate surface area is 106 Å². The van der Waals surface area contributed by atoms with Gasteiger partial charge in [-0.15, -0.1) is 0 Å². The fraction of sp³-hybridized carbons (Fsp3) is 0.667. The van der Waals surface area contributed by atoms with Gasteiger partial charge in [-0.3, -0.25) is 0 Å². The Morgan fingerprint density at radius 1 is 1.72 bits per heavy atom. The highest BCUT2D eigenvalue weighted by Crippen LogP contribution is 2.36. The molecule has 6 heteroatoms. The molecule has 1 saturated carbocycles. The van der Waals surface area contributed by atoms with Crippen LogP contribution in [0.5, 0.6) is 0 Å². The van der Waals surface area contributed by atoms with Crippen LogP contribution in [0.1, 0.15) is 30.3 Å². The number of aromatic carboxylic acids is 1. The summed E-state index contributed by atoms with van der Waals surface area (Å²) in [5.74, 6) is -0.433. The van der Waals surface area contributed by atoms with E-state index < -0.39 is 5.97 Å². The zero-order valence-electron chi connectivity index (χ0n) is 10.6. The monoisotopic (exact) mass is 254 g/mol. The Morgan fingerprint density at radius 3 is 2.94 bits per heavy atom. The molecule has 100 valence electrons. The molecule has 1 aromatic rings. The van der Waals surface area contributed by atoms with Crippen molar-refractivity contribution in [2.75, 3.05) is 25.2 Å². The quantitative estimate of drug-likeness (QED) is 0.797. The van der Waals surface area contributed by atoms with Gasteiger partial charge in [0.2, 0.25) is 0 Å². The van der Waals surface area contributed by atoms with E-state index in [1.54, 1.807) is 7.11 Å². The summed E-state index contributed by atoms with van der Waals surface area (Å²) < 4.78 is 10.3. The van der Waals surface area contributed by atoms with Crippen LogP contribution in [0.2, 0.25) is 0 Å². The first-order valence-corrected chi connectivity index (χ1v) is 6.08. The van der Waals surface area contributed by atoms with Crippen molar-refractivity contribution in [2.24, 2.45) is 5.92 Å². The number of carboxylic acid groups (broad SMARTS) is 1. The molecule has 2 rings (SSSR count). The SMILES string of the molecule is COCCN(c1nc(C(=O)O)co1)C(C)C1CC1. The molecule has 1 N–H and O–H groups in total. The fourth-order valence-corrected chi connectivity index (χ4v) is 1.99. The van der Waals surface area contributed by atoms with Crippen LogP contribution in [0.15, 0.2) is 10.7 Å². The molecule has 0 saturated heterocycles. The zero-order valence-corrected chi connectivity index (χ0v) is 10.6. The van der Waals surface area contributed by atoms with E-state index in [1.165, 1.54) is 19.1 Å². The first kappa shape index (κ1) is 12.9. The second-order valence-corrected chi connectivity index (χ2v) is 4.58. The van der Waals surface area contributed by atoms with E-state index in [1.807, 2.05) is 4.90 Å². The number of hydrogen-bond acceptors (Lipinski definition) is 5. The average molecular weight is 254 g/mol. The summed E-state index contributed by atoms with van der Waals surface area (Å²) in [4.78, 5) is 16.8. The summed E-state index contributed by atoms with van der Waals surface area (Å²) in [6, 6.07) is 0.657. The molecule has 1 atom stereocenters. The van der Waals surface area contributed by atoms with E-state index in [4.69, 9.17) is 14.3 Å². The predicted molar refractivity (Wildman–Crippen MR) is 64.9 cm³/mol. The maximum Gasteiger partial charge on any atom is 0.357 e. The van der Waals surface area contributed by atoms with Crippen molar-refractivity contribution in [1.29, 1.82) is 0 Å². The van der Waals surface area contributed by atoms with Crippen LogP contribution in [-0.2, 0) is 4.74 Å². The maximum absolute atomic E-state index is 10.8. The molecule has 0 spiro atoms. The minimum absolute atomic E-state index is 0.0598. The van der Waals surface area contributed by atoms with Gasteiger partial charge in [-0.05, 0) is 25.7 Å². The Morgan fingerprint density at radius 2 is 2.44 bits per heavy atom. The highest BCUT2D eigenvalue weighted by Gasteiger charge is 2.34. The summed E-state index contributed by atoms with van der Waals surface area (Å²) in [5.41, 5.74) is -0.0598. The van der Waals surface area contributed by atoms with Crippen LogP contribution in [0.25, 0.3) is 0 Å². The van der Waals surface area contributed by atoms with Gasteiger partial charge in [0.05, 0.1) is 6.61 Å². The van der Waals surface area contributed by atoms with Crippen molar-refractivity contribution < 1.29 is 19.1 Å². The number of hydrogen-bond donors (Lipinski definition) is 1. The zero-order chi connectivity index (χ0) is 13.1. The first-order valence-electron chi connectivity index (χ1n) is 6.08. The molecule has 0 radical (unpaired) electrons. The highest BCUT2D eigenvalue weighted by molar-refractivity contribution is 5.85. The Balaban J connectivity index is 2.12. The number of rotatable bonds is 7. The molecule has 0 aliphatic heterocycles. The number of nitrogens with zero attached hydrogens (tertiary/aromatic N) is 2. The minimum Gasteiger partial charge on any atom is -0.476 e. The number of methoxy groups -OCH3 is 1. The van der Waals surface area contributed by atoms with Gasteiger partial charge in [-0.2, -0.15) is 4.98 Å². The van der Waals surface area contributed by atoms with Crippen molar-refractivity contribution in [3.05, 3.63) is 12.0 Å². The number of aromatic nitrogens is 1. The second-order valence-electron chi connectivity index (χ2n) is 4.58. The summed E-state index contributed by atoms with van der Waals surface area (Å²) in [6.45, 7) is 3.31. The van der Waals surface area contributed by atoms with Crippen molar-refractivity contribution in [2.45, 2.75) is 25.8 Å². The normalized spacial score (nSPS) is 16.6. The summed E-state index contributed by atoms with van der Waals surface area (Å²) in [5, 5.41) is 8.85. The van der Waals surface area contributed by atoms with E-state index in [2.05, 4.69) is 11.9 Å². The number of carboxylic acids is 1. The third-order valence-corrected chi connectivity index (χ3v) is 3.29.